The van der Waals surface area contributed by atoms with Crippen LogP contribution in [0.2, 0.25) is 0 Å². The molecule has 1 heterocycles. The second-order valence-corrected chi connectivity index (χ2v) is 4.91. The lowest BCUT2D eigenvalue weighted by atomic mass is 10.2. The first-order valence-electron chi connectivity index (χ1n) is 5.65. The molecular weight excluding hydrogens is 248 g/mol. The van der Waals surface area contributed by atoms with Crippen LogP contribution >= 0.6 is 11.8 Å². The fourth-order valence-corrected chi connectivity index (χ4v) is 2.11. The molecule has 0 unspecified atom stereocenters. The molecule has 0 aliphatic carbocycles. The molecular formula is C12H14N4OS. The molecule has 2 aromatic rings. The van der Waals surface area contributed by atoms with Gasteiger partial charge in [-0.25, -0.2) is 4.98 Å². The molecule has 0 aliphatic heterocycles. The van der Waals surface area contributed by atoms with Crippen molar-refractivity contribution in [2.24, 2.45) is 0 Å². The van der Waals surface area contributed by atoms with Crippen molar-refractivity contribution in [2.75, 3.05) is 5.75 Å². The average Bonchev–Trinajstić information content (AvgIpc) is 2.90. The summed E-state index contributed by atoms with van der Waals surface area (Å²) in [6.45, 7) is 2.45. The summed E-state index contributed by atoms with van der Waals surface area (Å²) in [5.74, 6) is 1.55. The third-order valence-electron chi connectivity index (χ3n) is 2.31. The zero-order chi connectivity index (χ0) is 12.8. The van der Waals surface area contributed by atoms with Crippen LogP contribution in [0.4, 0.5) is 0 Å². The first-order valence-corrected chi connectivity index (χ1v) is 6.63. The van der Waals surface area contributed by atoms with Crippen LogP contribution < -0.4 is 5.32 Å². The highest BCUT2D eigenvalue weighted by Crippen LogP contribution is 2.17. The van der Waals surface area contributed by atoms with E-state index in [-0.39, 0.29) is 5.91 Å². The smallest absolute Gasteiger partial charge is 0.251 e. The molecule has 1 amide bonds. The topological polar surface area (TPSA) is 70.7 Å². The van der Waals surface area contributed by atoms with Crippen LogP contribution in [0.15, 0.2) is 35.5 Å². The number of benzene rings is 1. The van der Waals surface area contributed by atoms with Crippen LogP contribution in [0.1, 0.15) is 23.1 Å². The highest BCUT2D eigenvalue weighted by molar-refractivity contribution is 7.99. The molecule has 1 aromatic heterocycles. The van der Waals surface area contributed by atoms with Gasteiger partial charge in [0, 0.05) is 10.5 Å². The van der Waals surface area contributed by atoms with Gasteiger partial charge in [0.15, 0.2) is 0 Å². The van der Waals surface area contributed by atoms with E-state index in [2.05, 4.69) is 27.4 Å². The number of amides is 1. The molecule has 18 heavy (non-hydrogen) atoms. The third kappa shape index (κ3) is 3.33. The Morgan fingerprint density at radius 2 is 2.17 bits per heavy atom. The highest BCUT2D eigenvalue weighted by Gasteiger charge is 2.05. The Morgan fingerprint density at radius 3 is 2.78 bits per heavy atom. The number of carbonyl (C=O) groups is 1. The normalized spacial score (nSPS) is 10.3. The van der Waals surface area contributed by atoms with E-state index >= 15 is 0 Å². The predicted molar refractivity (Wildman–Crippen MR) is 70.4 cm³/mol. The van der Waals surface area contributed by atoms with Crippen LogP contribution in [-0.2, 0) is 6.54 Å². The SMILES string of the molecule is CCSc1ccc(C(=O)NCc2ncn[nH]2)cc1. The van der Waals surface area contributed by atoms with Gasteiger partial charge in [-0.15, -0.1) is 11.8 Å². The summed E-state index contributed by atoms with van der Waals surface area (Å²) in [4.78, 5) is 16.9. The molecule has 0 atom stereocenters. The van der Waals surface area contributed by atoms with E-state index in [9.17, 15) is 4.79 Å². The minimum Gasteiger partial charge on any atom is -0.345 e. The summed E-state index contributed by atoms with van der Waals surface area (Å²) in [5.41, 5.74) is 0.648. The number of hydrogen-bond acceptors (Lipinski definition) is 4. The maximum Gasteiger partial charge on any atom is 0.251 e. The number of aromatic amines is 1. The van der Waals surface area contributed by atoms with Gasteiger partial charge in [-0.3, -0.25) is 9.89 Å². The van der Waals surface area contributed by atoms with Gasteiger partial charge < -0.3 is 5.32 Å². The second kappa shape index (κ2) is 6.20. The summed E-state index contributed by atoms with van der Waals surface area (Å²) < 4.78 is 0. The van der Waals surface area contributed by atoms with E-state index in [1.54, 1.807) is 11.8 Å². The molecule has 0 fully saturated rings. The Labute approximate surface area is 109 Å². The zero-order valence-electron chi connectivity index (χ0n) is 10.0. The van der Waals surface area contributed by atoms with Crippen molar-refractivity contribution in [3.63, 3.8) is 0 Å². The summed E-state index contributed by atoms with van der Waals surface area (Å²) in [7, 11) is 0. The van der Waals surface area contributed by atoms with Crippen molar-refractivity contribution >= 4 is 17.7 Å². The maximum absolute atomic E-state index is 11.8. The molecule has 0 radical (unpaired) electrons. The summed E-state index contributed by atoms with van der Waals surface area (Å²) in [5, 5.41) is 9.18. The predicted octanol–water partition coefficient (Wildman–Crippen LogP) is 1.85. The number of nitrogens with zero attached hydrogens (tertiary/aromatic N) is 2. The molecule has 0 saturated carbocycles. The van der Waals surface area contributed by atoms with Gasteiger partial charge in [0.25, 0.3) is 5.91 Å². The fourth-order valence-electron chi connectivity index (χ4n) is 1.45. The van der Waals surface area contributed by atoms with Crippen molar-refractivity contribution in [3.05, 3.63) is 42.0 Å². The Hall–Kier alpha value is -1.82. The minimum absolute atomic E-state index is 0.112. The molecule has 0 bridgehead atoms. The number of hydrogen-bond donors (Lipinski definition) is 2. The number of nitrogens with one attached hydrogen (secondary N) is 2. The standard InChI is InChI=1S/C12H14N4OS/c1-2-18-10-5-3-9(4-6-10)12(17)13-7-11-14-8-15-16-11/h3-6,8H,2,7H2,1H3,(H,13,17)(H,14,15,16). The largest absolute Gasteiger partial charge is 0.345 e. The van der Waals surface area contributed by atoms with Gasteiger partial charge in [-0.2, -0.15) is 5.10 Å². The Balaban J connectivity index is 1.92. The fraction of sp³-hybridized carbons (Fsp3) is 0.250. The lowest BCUT2D eigenvalue weighted by Crippen LogP contribution is -2.23. The first-order chi connectivity index (χ1) is 8.79. The van der Waals surface area contributed by atoms with Gasteiger partial charge in [0.1, 0.15) is 12.2 Å². The van der Waals surface area contributed by atoms with Gasteiger partial charge in [-0.1, -0.05) is 6.92 Å². The number of aromatic nitrogens is 3. The zero-order valence-corrected chi connectivity index (χ0v) is 10.8. The Kier molecular flexibility index (Phi) is 4.35. The summed E-state index contributed by atoms with van der Waals surface area (Å²) >= 11 is 1.75. The second-order valence-electron chi connectivity index (χ2n) is 3.57. The molecule has 2 rings (SSSR count). The van der Waals surface area contributed by atoms with Crippen molar-refractivity contribution < 1.29 is 4.79 Å². The van der Waals surface area contributed by atoms with E-state index in [4.69, 9.17) is 0 Å². The molecule has 2 N–H and O–H groups in total. The summed E-state index contributed by atoms with van der Waals surface area (Å²) in [6, 6.07) is 7.57. The van der Waals surface area contributed by atoms with Crippen molar-refractivity contribution in [3.8, 4) is 0 Å². The van der Waals surface area contributed by atoms with E-state index in [1.165, 1.54) is 11.2 Å². The number of rotatable bonds is 5. The molecule has 1 aromatic carbocycles. The van der Waals surface area contributed by atoms with Crippen LogP contribution in [0.5, 0.6) is 0 Å². The first kappa shape index (κ1) is 12.6. The molecule has 94 valence electrons. The molecule has 0 aliphatic rings. The van der Waals surface area contributed by atoms with E-state index in [1.807, 2.05) is 24.3 Å². The summed E-state index contributed by atoms with van der Waals surface area (Å²) in [6.07, 6.45) is 1.41. The van der Waals surface area contributed by atoms with Crippen molar-refractivity contribution in [1.82, 2.24) is 20.5 Å². The molecule has 0 spiro atoms. The van der Waals surface area contributed by atoms with Gasteiger partial charge >= 0.3 is 0 Å². The Morgan fingerprint density at radius 1 is 1.39 bits per heavy atom. The van der Waals surface area contributed by atoms with E-state index in [0.717, 1.165) is 5.75 Å². The molecule has 0 saturated heterocycles. The Bertz CT molecular complexity index is 495. The monoisotopic (exact) mass is 262 g/mol. The van der Waals surface area contributed by atoms with Gasteiger partial charge in [-0.05, 0) is 30.0 Å². The maximum atomic E-state index is 11.8. The highest BCUT2D eigenvalue weighted by atomic mass is 32.2. The number of carbonyl (C=O) groups excluding carboxylic acids is 1. The average molecular weight is 262 g/mol. The molecule has 5 nitrogen and oxygen atoms in total. The van der Waals surface area contributed by atoms with Crippen LogP contribution in [0.3, 0.4) is 0 Å². The minimum atomic E-state index is -0.112. The lowest BCUT2D eigenvalue weighted by molar-refractivity contribution is 0.0950. The molecule has 6 heteroatoms. The number of thioether (sulfide) groups is 1. The van der Waals surface area contributed by atoms with Crippen molar-refractivity contribution in [2.45, 2.75) is 18.4 Å². The third-order valence-corrected chi connectivity index (χ3v) is 3.20. The quantitative estimate of drug-likeness (QED) is 0.807. The van der Waals surface area contributed by atoms with Crippen LogP contribution in [0.25, 0.3) is 0 Å². The van der Waals surface area contributed by atoms with Gasteiger partial charge in [0.2, 0.25) is 0 Å². The number of H-pyrrole nitrogens is 1. The van der Waals surface area contributed by atoms with Crippen LogP contribution in [-0.4, -0.2) is 26.8 Å². The lowest BCUT2D eigenvalue weighted by Gasteiger charge is -2.04. The van der Waals surface area contributed by atoms with Gasteiger partial charge in [0.05, 0.1) is 6.54 Å². The van der Waals surface area contributed by atoms with E-state index < -0.39 is 0 Å². The van der Waals surface area contributed by atoms with Crippen LogP contribution in [0, 0.1) is 0 Å². The van der Waals surface area contributed by atoms with Crippen molar-refractivity contribution in [1.29, 1.82) is 0 Å². The van der Waals surface area contributed by atoms with E-state index in [0.29, 0.717) is 17.9 Å².